The van der Waals surface area contributed by atoms with Crippen LogP contribution in [0, 0.1) is 0 Å². The first-order chi connectivity index (χ1) is 11.5. The second kappa shape index (κ2) is 17.8. The summed E-state index contributed by atoms with van der Waals surface area (Å²) in [5.41, 5.74) is 0. The number of carbonyl (C=O) groups excluding carboxylic acids is 1. The van der Waals surface area contributed by atoms with E-state index in [-0.39, 0.29) is 5.91 Å². The van der Waals surface area contributed by atoms with E-state index in [1.165, 1.54) is 0 Å². The van der Waals surface area contributed by atoms with Gasteiger partial charge in [-0.25, -0.2) is 0 Å². The average Bonchev–Trinajstić information content (AvgIpc) is 2.53. The smallest absolute Gasteiger partial charge is 0.242 e. The van der Waals surface area contributed by atoms with Crippen LogP contribution >= 0.6 is 25.3 Å². The van der Waals surface area contributed by atoms with Crippen LogP contribution in [0.15, 0.2) is 0 Å². The van der Waals surface area contributed by atoms with Crippen LogP contribution in [0.4, 0.5) is 0 Å². The molecule has 0 spiro atoms. The van der Waals surface area contributed by atoms with Gasteiger partial charge in [0.1, 0.15) is 4.58 Å². The molecule has 1 amide bonds. The highest BCUT2D eigenvalue weighted by molar-refractivity contribution is 8.00. The number of amides is 1. The quantitative estimate of drug-likeness (QED) is 0.165. The van der Waals surface area contributed by atoms with Crippen LogP contribution < -0.4 is 10.6 Å². The van der Waals surface area contributed by atoms with Crippen molar-refractivity contribution in [2.75, 3.05) is 65.9 Å². The Morgan fingerprint density at radius 1 is 0.792 bits per heavy atom. The molecule has 0 aliphatic rings. The summed E-state index contributed by atoms with van der Waals surface area (Å²) >= 11 is 7.79. The first kappa shape index (κ1) is 24.0. The van der Waals surface area contributed by atoms with Crippen molar-refractivity contribution in [1.29, 1.82) is 0 Å². The Balaban J connectivity index is 3.06. The number of hydrogen-bond acceptors (Lipinski definition) is 8. The fraction of sp³-hybridized carbons (Fsp3) is 0.933. The second-order valence-corrected chi connectivity index (χ2v) is 6.66. The molecule has 0 radical (unpaired) electrons. The van der Waals surface area contributed by atoms with E-state index >= 15 is 0 Å². The molecule has 0 bridgehead atoms. The molecule has 0 aromatic heterocycles. The molecule has 2 N–H and O–H groups in total. The fourth-order valence-electron chi connectivity index (χ4n) is 1.52. The topological polar surface area (TPSA) is 78.1 Å². The number of nitrogens with one attached hydrogen (secondary N) is 2. The molecule has 7 nitrogen and oxygen atoms in total. The molecule has 0 saturated carbocycles. The molecular weight excluding hydrogens is 352 g/mol. The van der Waals surface area contributed by atoms with Crippen molar-refractivity contribution < 1.29 is 23.7 Å². The Labute approximate surface area is 156 Å². The summed E-state index contributed by atoms with van der Waals surface area (Å²) in [4.78, 5) is 11.1. The summed E-state index contributed by atoms with van der Waals surface area (Å²) in [6.07, 6.45) is 0. The minimum absolute atomic E-state index is 0.223. The van der Waals surface area contributed by atoms with Gasteiger partial charge in [0.25, 0.3) is 0 Å². The van der Waals surface area contributed by atoms with Crippen molar-refractivity contribution >= 4 is 31.2 Å². The molecule has 144 valence electrons. The molecule has 0 aromatic carbocycles. The molecule has 0 saturated heterocycles. The lowest BCUT2D eigenvalue weighted by molar-refractivity contribution is -0.119. The van der Waals surface area contributed by atoms with Gasteiger partial charge in [-0.05, 0) is 0 Å². The van der Waals surface area contributed by atoms with E-state index in [9.17, 15) is 4.79 Å². The first-order valence-corrected chi connectivity index (χ1v) is 9.25. The maximum absolute atomic E-state index is 11.1. The van der Waals surface area contributed by atoms with Crippen LogP contribution in [-0.2, 0) is 23.7 Å². The highest BCUT2D eigenvalue weighted by Crippen LogP contribution is 1.97. The van der Waals surface area contributed by atoms with Gasteiger partial charge in [-0.1, -0.05) is 13.8 Å². The van der Waals surface area contributed by atoms with Gasteiger partial charge in [-0.3, -0.25) is 4.79 Å². The van der Waals surface area contributed by atoms with E-state index in [0.29, 0.717) is 65.4 Å². The highest BCUT2D eigenvalue weighted by Gasteiger charge is 2.06. The van der Waals surface area contributed by atoms with E-state index in [4.69, 9.17) is 18.9 Å². The molecular formula is C15H32N2O5S2. The predicted molar refractivity (Wildman–Crippen MR) is 101 cm³/mol. The summed E-state index contributed by atoms with van der Waals surface area (Å²) in [7, 11) is 0. The van der Waals surface area contributed by atoms with Crippen molar-refractivity contribution in [1.82, 2.24) is 10.6 Å². The van der Waals surface area contributed by atoms with Crippen LogP contribution in [0.2, 0.25) is 0 Å². The Morgan fingerprint density at radius 2 is 1.21 bits per heavy atom. The number of rotatable bonds is 17. The van der Waals surface area contributed by atoms with Gasteiger partial charge >= 0.3 is 0 Å². The van der Waals surface area contributed by atoms with Crippen molar-refractivity contribution in [2.45, 2.75) is 24.5 Å². The van der Waals surface area contributed by atoms with Crippen LogP contribution in [0.1, 0.15) is 13.8 Å². The summed E-state index contributed by atoms with van der Waals surface area (Å²) in [6.45, 7) is 9.82. The number of hydrogen-bond donors (Lipinski definition) is 4. The maximum atomic E-state index is 11.1. The number of thiol groups is 2. The van der Waals surface area contributed by atoms with E-state index in [0.717, 1.165) is 6.54 Å². The minimum Gasteiger partial charge on any atom is -0.378 e. The van der Waals surface area contributed by atoms with Crippen molar-refractivity contribution in [3.63, 3.8) is 0 Å². The molecule has 0 aliphatic carbocycles. The Morgan fingerprint density at radius 3 is 1.62 bits per heavy atom. The minimum atomic E-state index is -0.601. The molecule has 0 heterocycles. The van der Waals surface area contributed by atoms with Crippen molar-refractivity contribution in [2.24, 2.45) is 0 Å². The largest absolute Gasteiger partial charge is 0.378 e. The maximum Gasteiger partial charge on any atom is 0.242 e. The standard InChI is InChI=1S/C15H32N2O5S2/c1-13(2)16-3-5-19-7-9-21-11-12-22-10-8-20-6-4-17-14(18)15(23)24/h13,15-16,23-24H,3-12H2,1-2H3,(H,17,18). The van der Waals surface area contributed by atoms with Crippen LogP contribution in [-0.4, -0.2) is 82.5 Å². The van der Waals surface area contributed by atoms with Crippen LogP contribution in [0.25, 0.3) is 0 Å². The van der Waals surface area contributed by atoms with Gasteiger partial charge in [-0.2, -0.15) is 25.3 Å². The SMILES string of the molecule is CC(C)NCCOCCOCCOCCOCCNC(=O)C(S)S. The lowest BCUT2D eigenvalue weighted by Crippen LogP contribution is -2.31. The highest BCUT2D eigenvalue weighted by atomic mass is 32.2. The molecule has 9 heteroatoms. The Kier molecular flexibility index (Phi) is 17.8. The van der Waals surface area contributed by atoms with Crippen LogP contribution in [0.3, 0.4) is 0 Å². The summed E-state index contributed by atoms with van der Waals surface area (Å²) in [6, 6.07) is 0.484. The van der Waals surface area contributed by atoms with Gasteiger partial charge in [0.2, 0.25) is 5.91 Å². The summed E-state index contributed by atoms with van der Waals surface area (Å²) in [5.74, 6) is -0.223. The van der Waals surface area contributed by atoms with E-state index in [2.05, 4.69) is 49.7 Å². The molecule has 0 aliphatic heterocycles. The zero-order valence-electron chi connectivity index (χ0n) is 14.7. The third-order valence-electron chi connectivity index (χ3n) is 2.70. The Hall–Kier alpha value is -0.0300. The van der Waals surface area contributed by atoms with Gasteiger partial charge < -0.3 is 29.6 Å². The van der Waals surface area contributed by atoms with Crippen molar-refractivity contribution in [3.05, 3.63) is 0 Å². The zero-order chi connectivity index (χ0) is 18.0. The van der Waals surface area contributed by atoms with E-state index in [1.807, 2.05) is 0 Å². The fourth-order valence-corrected chi connectivity index (χ4v) is 1.70. The monoisotopic (exact) mass is 384 g/mol. The van der Waals surface area contributed by atoms with Gasteiger partial charge in [-0.15, -0.1) is 0 Å². The average molecular weight is 385 g/mol. The Bertz CT molecular complexity index is 297. The van der Waals surface area contributed by atoms with Gasteiger partial charge in [0.15, 0.2) is 0 Å². The normalized spacial score (nSPS) is 11.4. The zero-order valence-corrected chi connectivity index (χ0v) is 16.5. The second-order valence-electron chi connectivity index (χ2n) is 5.22. The van der Waals surface area contributed by atoms with Gasteiger partial charge in [0, 0.05) is 19.1 Å². The van der Waals surface area contributed by atoms with Crippen LogP contribution in [0.5, 0.6) is 0 Å². The molecule has 24 heavy (non-hydrogen) atoms. The lowest BCUT2D eigenvalue weighted by Gasteiger charge is -2.09. The third kappa shape index (κ3) is 18.3. The molecule has 0 fully saturated rings. The number of ether oxygens (including phenoxy) is 4. The predicted octanol–water partition coefficient (Wildman–Crippen LogP) is 0.353. The molecule has 0 aromatic rings. The van der Waals surface area contributed by atoms with E-state index < -0.39 is 4.58 Å². The third-order valence-corrected chi connectivity index (χ3v) is 3.16. The number of carbonyl (C=O) groups is 1. The molecule has 0 rings (SSSR count). The van der Waals surface area contributed by atoms with Gasteiger partial charge in [0.05, 0.1) is 52.9 Å². The molecule has 0 atom stereocenters. The van der Waals surface area contributed by atoms with E-state index in [1.54, 1.807) is 0 Å². The molecule has 0 unspecified atom stereocenters. The van der Waals surface area contributed by atoms with Crippen molar-refractivity contribution in [3.8, 4) is 0 Å². The first-order valence-electron chi connectivity index (χ1n) is 8.22. The summed E-state index contributed by atoms with van der Waals surface area (Å²) < 4.78 is 20.9. The lowest BCUT2D eigenvalue weighted by atomic mass is 10.4. The summed E-state index contributed by atoms with van der Waals surface area (Å²) in [5, 5.41) is 5.91.